The van der Waals surface area contributed by atoms with E-state index >= 15 is 0 Å². The van der Waals surface area contributed by atoms with E-state index in [4.69, 9.17) is 0 Å². The van der Waals surface area contributed by atoms with E-state index in [1.807, 2.05) is 23.9 Å². The van der Waals surface area contributed by atoms with E-state index in [9.17, 15) is 9.59 Å². The van der Waals surface area contributed by atoms with Crippen LogP contribution in [0.2, 0.25) is 0 Å². The first-order valence-electron chi connectivity index (χ1n) is 11.8. The molecule has 2 aromatic heterocycles. The van der Waals surface area contributed by atoms with Gasteiger partial charge in [0.1, 0.15) is 0 Å². The molecule has 0 spiro atoms. The fraction of sp³-hybridized carbons (Fsp3) is 0.444. The highest BCUT2D eigenvalue weighted by atomic mass is 32.2. The van der Waals surface area contributed by atoms with Crippen LogP contribution >= 0.6 is 11.8 Å². The first-order chi connectivity index (χ1) is 15.9. The Morgan fingerprint density at radius 2 is 1.55 bits per heavy atom. The van der Waals surface area contributed by atoms with Gasteiger partial charge in [-0.15, -0.1) is 0 Å². The van der Waals surface area contributed by atoms with Gasteiger partial charge in [0.05, 0.1) is 0 Å². The van der Waals surface area contributed by atoms with Crippen LogP contribution in [0, 0.1) is 6.92 Å². The van der Waals surface area contributed by atoms with Crippen LogP contribution < -0.4 is 11.1 Å². The number of pyridine rings is 1. The van der Waals surface area contributed by atoms with E-state index in [-0.39, 0.29) is 11.1 Å². The van der Waals surface area contributed by atoms with Gasteiger partial charge in [0, 0.05) is 50.3 Å². The zero-order valence-electron chi connectivity index (χ0n) is 20.0. The van der Waals surface area contributed by atoms with Crippen molar-refractivity contribution in [3.8, 4) is 0 Å². The molecule has 3 aromatic rings. The van der Waals surface area contributed by atoms with Crippen molar-refractivity contribution in [3.63, 3.8) is 0 Å². The van der Waals surface area contributed by atoms with Crippen LogP contribution in [0.25, 0.3) is 0 Å². The molecule has 0 aliphatic carbocycles. The quantitative estimate of drug-likeness (QED) is 0.213. The van der Waals surface area contributed by atoms with Crippen LogP contribution in [0.1, 0.15) is 60.8 Å². The molecule has 0 aliphatic heterocycles. The lowest BCUT2D eigenvalue weighted by atomic mass is 10.0. The summed E-state index contributed by atoms with van der Waals surface area (Å²) in [6, 6.07) is 12.3. The molecule has 6 heteroatoms. The topological polar surface area (TPSA) is 56.9 Å². The molecular formula is C27H35N3O2S. The minimum absolute atomic E-state index is 0.0734. The van der Waals surface area contributed by atoms with E-state index in [0.29, 0.717) is 12.0 Å². The van der Waals surface area contributed by atoms with Crippen molar-refractivity contribution in [2.45, 2.75) is 63.4 Å². The van der Waals surface area contributed by atoms with Gasteiger partial charge in [-0.05, 0) is 43.4 Å². The average Bonchev–Trinajstić information content (AvgIpc) is 2.79. The molecule has 0 saturated carbocycles. The minimum Gasteiger partial charge on any atom is -0.330 e. The molecule has 0 bridgehead atoms. The lowest BCUT2D eigenvalue weighted by molar-refractivity contribution is 0.609. The molecule has 2 heterocycles. The molecular weight excluding hydrogens is 430 g/mol. The molecule has 0 fully saturated rings. The summed E-state index contributed by atoms with van der Waals surface area (Å²) in [4.78, 5) is 28.6. The molecule has 3 rings (SSSR count). The molecule has 0 unspecified atom stereocenters. The Morgan fingerprint density at radius 1 is 0.848 bits per heavy atom. The number of benzene rings is 1. The molecule has 0 aliphatic rings. The molecule has 0 saturated heterocycles. The van der Waals surface area contributed by atoms with Gasteiger partial charge in [0.15, 0.2) is 5.16 Å². The van der Waals surface area contributed by atoms with Crippen molar-refractivity contribution in [2.24, 2.45) is 14.1 Å². The zero-order chi connectivity index (χ0) is 23.6. The molecule has 176 valence electrons. The van der Waals surface area contributed by atoms with Gasteiger partial charge in [0.25, 0.3) is 11.1 Å². The first-order valence-corrected chi connectivity index (χ1v) is 12.8. The Morgan fingerprint density at radius 3 is 2.27 bits per heavy atom. The lowest BCUT2D eigenvalue weighted by Gasteiger charge is -2.09. The van der Waals surface area contributed by atoms with Gasteiger partial charge in [0.2, 0.25) is 0 Å². The number of thioether (sulfide) groups is 1. The van der Waals surface area contributed by atoms with Crippen molar-refractivity contribution in [1.82, 2.24) is 14.1 Å². The number of unbranched alkanes of at least 4 members (excludes halogenated alkanes) is 5. The fourth-order valence-electron chi connectivity index (χ4n) is 3.81. The molecule has 0 atom stereocenters. The Kier molecular flexibility index (Phi) is 9.55. The van der Waals surface area contributed by atoms with E-state index in [2.05, 4.69) is 36.2 Å². The van der Waals surface area contributed by atoms with Gasteiger partial charge in [-0.3, -0.25) is 9.59 Å². The van der Waals surface area contributed by atoms with Gasteiger partial charge < -0.3 is 9.13 Å². The standard InChI is InChI=1S/C27H35N3O2S/c1-21-11-13-22(14-12-21)10-8-6-4-5-7-9-17-33-27-28-26(32)24(20-30(27)3)18-23-15-16-29(2)25(31)19-23/h11-16,19-20H,4-10,17-18H2,1-3H3. The third kappa shape index (κ3) is 8.04. The molecule has 0 radical (unpaired) electrons. The van der Waals surface area contributed by atoms with E-state index in [1.54, 1.807) is 31.1 Å². The second-order valence-corrected chi connectivity index (χ2v) is 9.89. The third-order valence-electron chi connectivity index (χ3n) is 5.90. The van der Waals surface area contributed by atoms with Crippen molar-refractivity contribution >= 4 is 11.8 Å². The summed E-state index contributed by atoms with van der Waals surface area (Å²) < 4.78 is 3.44. The maximum absolute atomic E-state index is 12.5. The molecule has 5 nitrogen and oxygen atoms in total. The van der Waals surface area contributed by atoms with Gasteiger partial charge in [-0.25, -0.2) is 0 Å². The highest BCUT2D eigenvalue weighted by Crippen LogP contribution is 2.18. The van der Waals surface area contributed by atoms with Crippen LogP contribution in [0.5, 0.6) is 0 Å². The summed E-state index contributed by atoms with van der Waals surface area (Å²) in [5.74, 6) is 0.970. The summed E-state index contributed by atoms with van der Waals surface area (Å²) >= 11 is 1.65. The van der Waals surface area contributed by atoms with E-state index in [1.165, 1.54) is 54.2 Å². The number of rotatable bonds is 12. The van der Waals surface area contributed by atoms with Crippen molar-refractivity contribution in [3.05, 3.63) is 91.8 Å². The third-order valence-corrected chi connectivity index (χ3v) is 7.03. The Bertz CT molecular complexity index is 1150. The zero-order valence-corrected chi connectivity index (χ0v) is 20.9. The smallest absolute Gasteiger partial charge is 0.277 e. The highest BCUT2D eigenvalue weighted by molar-refractivity contribution is 7.99. The monoisotopic (exact) mass is 465 g/mol. The summed E-state index contributed by atoms with van der Waals surface area (Å²) in [6.45, 7) is 2.13. The fourth-order valence-corrected chi connectivity index (χ4v) is 4.75. The van der Waals surface area contributed by atoms with Gasteiger partial charge in [-0.2, -0.15) is 4.98 Å². The molecule has 1 aromatic carbocycles. The Balaban J connectivity index is 1.35. The summed E-state index contributed by atoms with van der Waals surface area (Å²) in [6.07, 6.45) is 12.6. The minimum atomic E-state index is -0.204. The van der Waals surface area contributed by atoms with Crippen LogP contribution in [-0.2, 0) is 26.9 Å². The van der Waals surface area contributed by atoms with Crippen LogP contribution in [0.3, 0.4) is 0 Å². The second-order valence-electron chi connectivity index (χ2n) is 8.83. The summed E-state index contributed by atoms with van der Waals surface area (Å²) in [5.41, 5.74) is 3.93. The Hall–Kier alpha value is -2.60. The molecule has 0 N–H and O–H groups in total. The van der Waals surface area contributed by atoms with Crippen LogP contribution in [0.15, 0.2) is 63.5 Å². The van der Waals surface area contributed by atoms with E-state index < -0.39 is 0 Å². The normalized spacial score (nSPS) is 11.1. The predicted molar refractivity (Wildman–Crippen MR) is 137 cm³/mol. The van der Waals surface area contributed by atoms with E-state index in [0.717, 1.165) is 22.9 Å². The SMILES string of the molecule is Cc1ccc(CCCCCCCCSc2nc(=O)c(Cc3ccn(C)c(=O)c3)cn2C)cc1. The number of aromatic nitrogens is 3. The highest BCUT2D eigenvalue weighted by Gasteiger charge is 2.09. The van der Waals surface area contributed by atoms with Crippen LogP contribution in [-0.4, -0.2) is 19.9 Å². The predicted octanol–water partition coefficient (Wildman–Crippen LogP) is 5.05. The summed E-state index contributed by atoms with van der Waals surface area (Å²) in [7, 11) is 3.64. The number of hydrogen-bond acceptors (Lipinski definition) is 4. The van der Waals surface area contributed by atoms with Crippen molar-refractivity contribution in [2.75, 3.05) is 5.75 Å². The van der Waals surface area contributed by atoms with Crippen LogP contribution in [0.4, 0.5) is 0 Å². The first kappa shape index (κ1) is 25.0. The Labute approximate surface area is 200 Å². The lowest BCUT2D eigenvalue weighted by Crippen LogP contribution is -2.20. The molecule has 33 heavy (non-hydrogen) atoms. The second kappa shape index (κ2) is 12.6. The molecule has 0 amide bonds. The van der Waals surface area contributed by atoms with Gasteiger partial charge in [-0.1, -0.05) is 67.3 Å². The number of aryl methyl sites for hydroxylation is 4. The number of hydrogen-bond donors (Lipinski definition) is 0. The maximum Gasteiger partial charge on any atom is 0.277 e. The number of nitrogens with zero attached hydrogens (tertiary/aromatic N) is 3. The van der Waals surface area contributed by atoms with Crippen molar-refractivity contribution in [1.29, 1.82) is 0 Å². The largest absolute Gasteiger partial charge is 0.330 e. The van der Waals surface area contributed by atoms with Gasteiger partial charge >= 0.3 is 0 Å². The average molecular weight is 466 g/mol. The maximum atomic E-state index is 12.5. The van der Waals surface area contributed by atoms with Crippen molar-refractivity contribution < 1.29 is 0 Å². The summed E-state index contributed by atoms with van der Waals surface area (Å²) in [5, 5.41) is 0.755.